The minimum absolute atomic E-state index is 0.301. The number of para-hydroxylation sites is 1. The van der Waals surface area contributed by atoms with E-state index < -0.39 is 6.09 Å². The van der Waals surface area contributed by atoms with Gasteiger partial charge in [0.15, 0.2) is 0 Å². The number of rotatable bonds is 4. The van der Waals surface area contributed by atoms with E-state index in [1.165, 1.54) is 0 Å². The van der Waals surface area contributed by atoms with E-state index in [-0.39, 0.29) is 5.41 Å². The van der Waals surface area contributed by atoms with Crippen LogP contribution < -0.4 is 10.1 Å². The Morgan fingerprint density at radius 2 is 2.06 bits per heavy atom. The van der Waals surface area contributed by atoms with Crippen LogP contribution in [0.1, 0.15) is 19.4 Å². The number of methoxy groups -OCH3 is 1. The van der Waals surface area contributed by atoms with E-state index in [4.69, 9.17) is 9.84 Å². The maximum Gasteiger partial charge on any atom is 0.404 e. The summed E-state index contributed by atoms with van der Waals surface area (Å²) in [5.41, 5.74) is 0.691. The van der Waals surface area contributed by atoms with Crippen LogP contribution in [-0.4, -0.2) is 24.9 Å². The van der Waals surface area contributed by atoms with Gasteiger partial charge in [-0.25, -0.2) is 4.79 Å². The number of carbonyl (C=O) groups is 1. The lowest BCUT2D eigenvalue weighted by Gasteiger charge is -2.26. The van der Waals surface area contributed by atoms with Gasteiger partial charge in [0.05, 0.1) is 7.11 Å². The molecule has 0 aliphatic rings. The highest BCUT2D eigenvalue weighted by molar-refractivity contribution is 5.64. The molecule has 0 aliphatic heterocycles. The van der Waals surface area contributed by atoms with Gasteiger partial charge in [-0.15, -0.1) is 0 Å². The van der Waals surface area contributed by atoms with Crippen LogP contribution in [0.5, 0.6) is 5.75 Å². The van der Waals surface area contributed by atoms with E-state index >= 15 is 0 Å². The molecule has 1 aromatic rings. The number of nitrogens with one attached hydrogen (secondary N) is 1. The third-order valence-corrected chi connectivity index (χ3v) is 2.52. The lowest BCUT2D eigenvalue weighted by Crippen LogP contribution is -2.36. The van der Waals surface area contributed by atoms with Gasteiger partial charge in [-0.1, -0.05) is 32.0 Å². The molecule has 1 aromatic carbocycles. The third kappa shape index (κ3) is 2.89. The van der Waals surface area contributed by atoms with E-state index in [0.717, 1.165) is 11.3 Å². The molecule has 4 heteroatoms. The Bertz CT molecular complexity index is 374. The zero-order valence-corrected chi connectivity index (χ0v) is 9.78. The largest absolute Gasteiger partial charge is 0.496 e. The average Bonchev–Trinajstić information content (AvgIpc) is 2.26. The summed E-state index contributed by atoms with van der Waals surface area (Å²) >= 11 is 0. The van der Waals surface area contributed by atoms with Crippen molar-refractivity contribution >= 4 is 6.09 Å². The van der Waals surface area contributed by atoms with Crippen LogP contribution in [0.4, 0.5) is 4.79 Å². The summed E-state index contributed by atoms with van der Waals surface area (Å²) in [4.78, 5) is 10.5. The molecule has 0 atom stereocenters. The van der Waals surface area contributed by atoms with Crippen molar-refractivity contribution in [3.8, 4) is 5.75 Å². The van der Waals surface area contributed by atoms with Gasteiger partial charge in [-0.3, -0.25) is 0 Å². The van der Waals surface area contributed by atoms with Gasteiger partial charge in [0.1, 0.15) is 5.75 Å². The summed E-state index contributed by atoms with van der Waals surface area (Å²) in [6, 6.07) is 7.63. The summed E-state index contributed by atoms with van der Waals surface area (Å²) in [6.07, 6.45) is -1.01. The van der Waals surface area contributed by atoms with Crippen molar-refractivity contribution < 1.29 is 14.6 Å². The topological polar surface area (TPSA) is 58.6 Å². The molecule has 16 heavy (non-hydrogen) atoms. The highest BCUT2D eigenvalue weighted by Crippen LogP contribution is 2.30. The molecule has 0 spiro atoms. The lowest BCUT2D eigenvalue weighted by molar-refractivity contribution is 0.191. The Morgan fingerprint density at radius 1 is 1.44 bits per heavy atom. The molecule has 88 valence electrons. The second-order valence-corrected chi connectivity index (χ2v) is 4.24. The highest BCUT2D eigenvalue weighted by atomic mass is 16.5. The highest BCUT2D eigenvalue weighted by Gasteiger charge is 2.24. The van der Waals surface area contributed by atoms with Crippen LogP contribution >= 0.6 is 0 Å². The summed E-state index contributed by atoms with van der Waals surface area (Å²) < 4.78 is 5.26. The Balaban J connectivity index is 2.92. The predicted octanol–water partition coefficient (Wildman–Crippen LogP) is 2.24. The van der Waals surface area contributed by atoms with E-state index in [1.807, 2.05) is 38.1 Å². The molecule has 1 amide bonds. The van der Waals surface area contributed by atoms with Gasteiger partial charge in [-0.05, 0) is 6.07 Å². The molecule has 0 aliphatic carbocycles. The first kappa shape index (κ1) is 12.4. The van der Waals surface area contributed by atoms with E-state index in [9.17, 15) is 4.79 Å². The molecule has 2 N–H and O–H groups in total. The molecular weight excluding hydrogens is 206 g/mol. The quantitative estimate of drug-likeness (QED) is 0.823. The molecule has 0 unspecified atom stereocenters. The standard InChI is InChI=1S/C12H17NO3/c1-12(2,8-13-11(14)15)9-6-4-5-7-10(9)16-3/h4-7,13H,8H2,1-3H3,(H,14,15). The van der Waals surface area contributed by atoms with Gasteiger partial charge >= 0.3 is 6.09 Å². The van der Waals surface area contributed by atoms with Crippen molar-refractivity contribution in [2.45, 2.75) is 19.3 Å². The minimum atomic E-state index is -1.01. The van der Waals surface area contributed by atoms with Crippen LogP contribution in [0.2, 0.25) is 0 Å². The normalized spacial score (nSPS) is 10.9. The van der Waals surface area contributed by atoms with Gasteiger partial charge in [0.25, 0.3) is 0 Å². The molecule has 0 fully saturated rings. The smallest absolute Gasteiger partial charge is 0.404 e. The molecule has 4 nitrogen and oxygen atoms in total. The zero-order chi connectivity index (χ0) is 12.2. The number of carboxylic acid groups (broad SMARTS) is 1. The van der Waals surface area contributed by atoms with Gasteiger partial charge < -0.3 is 15.2 Å². The van der Waals surface area contributed by atoms with Crippen molar-refractivity contribution in [3.63, 3.8) is 0 Å². The SMILES string of the molecule is COc1ccccc1C(C)(C)CNC(=O)O. The monoisotopic (exact) mass is 223 g/mol. The zero-order valence-electron chi connectivity index (χ0n) is 9.78. The van der Waals surface area contributed by atoms with Gasteiger partial charge in [-0.2, -0.15) is 0 Å². The van der Waals surface area contributed by atoms with Crippen LogP contribution in [-0.2, 0) is 5.41 Å². The van der Waals surface area contributed by atoms with Crippen molar-refractivity contribution in [2.24, 2.45) is 0 Å². The van der Waals surface area contributed by atoms with E-state index in [2.05, 4.69) is 5.32 Å². The minimum Gasteiger partial charge on any atom is -0.496 e. The van der Waals surface area contributed by atoms with Crippen LogP contribution in [0.25, 0.3) is 0 Å². The number of amides is 1. The molecule has 0 saturated heterocycles. The summed E-state index contributed by atoms with van der Waals surface area (Å²) in [6.45, 7) is 4.30. The Morgan fingerprint density at radius 3 is 2.62 bits per heavy atom. The number of hydrogen-bond donors (Lipinski definition) is 2. The molecule has 0 radical (unpaired) electrons. The van der Waals surface area contributed by atoms with Crippen LogP contribution in [0, 0.1) is 0 Å². The fraction of sp³-hybridized carbons (Fsp3) is 0.417. The van der Waals surface area contributed by atoms with Gasteiger partial charge in [0.2, 0.25) is 0 Å². The van der Waals surface area contributed by atoms with Crippen LogP contribution in [0.15, 0.2) is 24.3 Å². The van der Waals surface area contributed by atoms with Crippen molar-refractivity contribution in [1.82, 2.24) is 5.32 Å². The fourth-order valence-electron chi connectivity index (χ4n) is 1.60. The lowest BCUT2D eigenvalue weighted by atomic mass is 9.84. The number of hydrogen-bond acceptors (Lipinski definition) is 2. The van der Waals surface area contributed by atoms with Crippen molar-refractivity contribution in [3.05, 3.63) is 29.8 Å². The molecule has 0 aromatic heterocycles. The Labute approximate surface area is 95.2 Å². The predicted molar refractivity (Wildman–Crippen MR) is 62.0 cm³/mol. The van der Waals surface area contributed by atoms with Crippen molar-refractivity contribution in [1.29, 1.82) is 0 Å². The Hall–Kier alpha value is -1.71. The molecule has 1 rings (SSSR count). The molecular formula is C12H17NO3. The number of ether oxygens (including phenoxy) is 1. The molecule has 0 saturated carbocycles. The first-order valence-corrected chi connectivity index (χ1v) is 5.07. The average molecular weight is 223 g/mol. The first-order valence-electron chi connectivity index (χ1n) is 5.07. The second kappa shape index (κ2) is 4.88. The third-order valence-electron chi connectivity index (χ3n) is 2.52. The van der Waals surface area contributed by atoms with Crippen molar-refractivity contribution in [2.75, 3.05) is 13.7 Å². The maximum absolute atomic E-state index is 10.5. The molecule has 0 bridgehead atoms. The van der Waals surface area contributed by atoms with Gasteiger partial charge in [0, 0.05) is 17.5 Å². The maximum atomic E-state index is 10.5. The van der Waals surface area contributed by atoms with E-state index in [0.29, 0.717) is 6.54 Å². The second-order valence-electron chi connectivity index (χ2n) is 4.24. The van der Waals surface area contributed by atoms with E-state index in [1.54, 1.807) is 7.11 Å². The summed E-state index contributed by atoms with van der Waals surface area (Å²) in [5.74, 6) is 0.777. The summed E-state index contributed by atoms with van der Waals surface area (Å²) in [7, 11) is 1.61. The number of benzene rings is 1. The van der Waals surface area contributed by atoms with Crippen LogP contribution in [0.3, 0.4) is 0 Å². The first-order chi connectivity index (χ1) is 7.47. The fourth-order valence-corrected chi connectivity index (χ4v) is 1.60. The molecule has 0 heterocycles. The summed E-state index contributed by atoms with van der Waals surface area (Å²) in [5, 5.41) is 11.0. The Kier molecular flexibility index (Phi) is 3.77.